The average molecular weight is 191 g/mol. The summed E-state index contributed by atoms with van der Waals surface area (Å²) in [7, 11) is 5.75. The Labute approximate surface area is 85.8 Å². The second-order valence-corrected chi connectivity index (χ2v) is 3.42. The molecule has 0 bridgehead atoms. The molecule has 1 unspecified atom stereocenters. The predicted molar refractivity (Wildman–Crippen MR) is 59.6 cm³/mol. The summed E-state index contributed by atoms with van der Waals surface area (Å²) in [5, 5.41) is 0. The number of ether oxygens (including phenoxy) is 1. The molecule has 1 aromatic rings. The van der Waals surface area contributed by atoms with E-state index in [-0.39, 0.29) is 6.04 Å². The average Bonchev–Trinajstić information content (AvgIpc) is 2.19. The molecule has 1 aromatic carbocycles. The van der Waals surface area contributed by atoms with E-state index >= 15 is 0 Å². The van der Waals surface area contributed by atoms with Crippen LogP contribution in [-0.2, 0) is 0 Å². The summed E-state index contributed by atoms with van der Waals surface area (Å²) in [6.45, 7) is 3.83. The van der Waals surface area contributed by atoms with Gasteiger partial charge in [-0.15, -0.1) is 6.58 Å². The molecule has 1 rings (SSSR count). The number of hydrogen-bond donors (Lipinski definition) is 0. The highest BCUT2D eigenvalue weighted by Gasteiger charge is 2.08. The smallest absolute Gasteiger partial charge is 0.118 e. The SMILES string of the molecule is C=CC(c1ccc(OC)cc1)N(C)C. The number of likely N-dealkylation sites (N-methyl/N-ethyl adjacent to an activating group) is 1. The fourth-order valence-corrected chi connectivity index (χ4v) is 1.45. The molecule has 0 spiro atoms. The first-order chi connectivity index (χ1) is 6.69. The van der Waals surface area contributed by atoms with E-state index in [4.69, 9.17) is 4.74 Å². The topological polar surface area (TPSA) is 12.5 Å². The minimum Gasteiger partial charge on any atom is -0.497 e. The Bertz CT molecular complexity index is 290. The summed E-state index contributed by atoms with van der Waals surface area (Å²) in [6, 6.07) is 8.32. The van der Waals surface area contributed by atoms with Crippen molar-refractivity contribution in [3.63, 3.8) is 0 Å². The van der Waals surface area contributed by atoms with Gasteiger partial charge in [0, 0.05) is 0 Å². The van der Waals surface area contributed by atoms with Crippen molar-refractivity contribution in [2.45, 2.75) is 6.04 Å². The van der Waals surface area contributed by atoms with Crippen LogP contribution >= 0.6 is 0 Å². The van der Waals surface area contributed by atoms with Gasteiger partial charge in [0.2, 0.25) is 0 Å². The zero-order chi connectivity index (χ0) is 10.6. The van der Waals surface area contributed by atoms with Gasteiger partial charge in [0.1, 0.15) is 5.75 Å². The van der Waals surface area contributed by atoms with E-state index in [2.05, 4.69) is 23.6 Å². The van der Waals surface area contributed by atoms with Gasteiger partial charge in [-0.2, -0.15) is 0 Å². The van der Waals surface area contributed by atoms with Gasteiger partial charge in [0.15, 0.2) is 0 Å². The van der Waals surface area contributed by atoms with Crippen LogP contribution in [0.4, 0.5) is 0 Å². The Kier molecular flexibility index (Phi) is 3.72. The third-order valence-electron chi connectivity index (χ3n) is 2.24. The zero-order valence-corrected chi connectivity index (χ0v) is 9.03. The maximum atomic E-state index is 5.10. The summed E-state index contributed by atoms with van der Waals surface area (Å²) < 4.78 is 5.10. The Morgan fingerprint density at radius 3 is 2.21 bits per heavy atom. The van der Waals surface area contributed by atoms with Gasteiger partial charge in [-0.25, -0.2) is 0 Å². The van der Waals surface area contributed by atoms with Crippen molar-refractivity contribution in [3.8, 4) is 5.75 Å². The van der Waals surface area contributed by atoms with Crippen molar-refractivity contribution in [3.05, 3.63) is 42.5 Å². The number of methoxy groups -OCH3 is 1. The summed E-state index contributed by atoms with van der Waals surface area (Å²) in [4.78, 5) is 2.12. The van der Waals surface area contributed by atoms with Gasteiger partial charge >= 0.3 is 0 Å². The first kappa shape index (κ1) is 10.8. The van der Waals surface area contributed by atoms with Gasteiger partial charge in [0.05, 0.1) is 13.2 Å². The van der Waals surface area contributed by atoms with Crippen molar-refractivity contribution in [1.82, 2.24) is 4.90 Å². The van der Waals surface area contributed by atoms with Crippen molar-refractivity contribution in [2.24, 2.45) is 0 Å². The largest absolute Gasteiger partial charge is 0.497 e. The summed E-state index contributed by atoms with van der Waals surface area (Å²) >= 11 is 0. The van der Waals surface area contributed by atoms with Crippen LogP contribution in [0.2, 0.25) is 0 Å². The molecule has 0 heterocycles. The lowest BCUT2D eigenvalue weighted by molar-refractivity contribution is 0.351. The molecular weight excluding hydrogens is 174 g/mol. The van der Waals surface area contributed by atoms with Gasteiger partial charge in [0.25, 0.3) is 0 Å². The molecule has 2 heteroatoms. The maximum Gasteiger partial charge on any atom is 0.118 e. The van der Waals surface area contributed by atoms with Gasteiger partial charge < -0.3 is 4.74 Å². The minimum absolute atomic E-state index is 0.265. The van der Waals surface area contributed by atoms with Crippen LogP contribution in [0.5, 0.6) is 5.75 Å². The highest BCUT2D eigenvalue weighted by molar-refractivity contribution is 5.30. The fraction of sp³-hybridized carbons (Fsp3) is 0.333. The van der Waals surface area contributed by atoms with Crippen molar-refractivity contribution in [1.29, 1.82) is 0 Å². The molecule has 0 aliphatic carbocycles. The molecule has 0 N–H and O–H groups in total. The van der Waals surface area contributed by atoms with E-state index in [0.717, 1.165) is 5.75 Å². The Morgan fingerprint density at radius 2 is 1.86 bits per heavy atom. The Morgan fingerprint density at radius 1 is 1.29 bits per heavy atom. The van der Waals surface area contributed by atoms with Crippen molar-refractivity contribution >= 4 is 0 Å². The molecule has 76 valence electrons. The van der Waals surface area contributed by atoms with Gasteiger partial charge in [-0.1, -0.05) is 18.2 Å². The monoisotopic (exact) mass is 191 g/mol. The Balaban J connectivity index is 2.89. The van der Waals surface area contributed by atoms with Crippen LogP contribution in [0, 0.1) is 0 Å². The van der Waals surface area contributed by atoms with Gasteiger partial charge in [-0.05, 0) is 31.8 Å². The third-order valence-corrected chi connectivity index (χ3v) is 2.24. The molecule has 14 heavy (non-hydrogen) atoms. The zero-order valence-electron chi connectivity index (χ0n) is 9.03. The molecule has 0 aliphatic rings. The molecule has 0 aromatic heterocycles. The van der Waals surface area contributed by atoms with E-state index in [1.807, 2.05) is 32.3 Å². The van der Waals surface area contributed by atoms with Crippen LogP contribution in [0.25, 0.3) is 0 Å². The first-order valence-corrected chi connectivity index (χ1v) is 4.62. The number of rotatable bonds is 4. The molecule has 1 atom stereocenters. The van der Waals surface area contributed by atoms with E-state index < -0.39 is 0 Å². The van der Waals surface area contributed by atoms with E-state index in [9.17, 15) is 0 Å². The molecule has 0 saturated carbocycles. The number of benzene rings is 1. The maximum absolute atomic E-state index is 5.10. The minimum atomic E-state index is 0.265. The second kappa shape index (κ2) is 4.82. The third kappa shape index (κ3) is 2.36. The quantitative estimate of drug-likeness (QED) is 0.678. The molecule has 0 aliphatic heterocycles. The highest BCUT2D eigenvalue weighted by Crippen LogP contribution is 2.21. The van der Waals surface area contributed by atoms with Gasteiger partial charge in [-0.3, -0.25) is 4.90 Å². The van der Waals surface area contributed by atoms with Crippen molar-refractivity contribution in [2.75, 3.05) is 21.2 Å². The van der Waals surface area contributed by atoms with Crippen LogP contribution < -0.4 is 4.74 Å². The number of nitrogens with zero attached hydrogens (tertiary/aromatic N) is 1. The summed E-state index contributed by atoms with van der Waals surface area (Å²) in [5.41, 5.74) is 1.23. The molecule has 2 nitrogen and oxygen atoms in total. The van der Waals surface area contributed by atoms with E-state index in [0.29, 0.717) is 0 Å². The lowest BCUT2D eigenvalue weighted by Crippen LogP contribution is -2.17. The standard InChI is InChI=1S/C12H17NO/c1-5-12(13(2)3)10-6-8-11(14-4)9-7-10/h5-9,12H,1H2,2-4H3. The van der Waals surface area contributed by atoms with E-state index in [1.165, 1.54) is 5.56 Å². The molecular formula is C12H17NO. The predicted octanol–water partition coefficient (Wildman–Crippen LogP) is 2.48. The van der Waals surface area contributed by atoms with Crippen LogP contribution in [0.3, 0.4) is 0 Å². The van der Waals surface area contributed by atoms with Crippen LogP contribution in [-0.4, -0.2) is 26.1 Å². The van der Waals surface area contributed by atoms with E-state index in [1.54, 1.807) is 7.11 Å². The highest BCUT2D eigenvalue weighted by atomic mass is 16.5. The van der Waals surface area contributed by atoms with Crippen LogP contribution in [0.15, 0.2) is 36.9 Å². The van der Waals surface area contributed by atoms with Crippen molar-refractivity contribution < 1.29 is 4.74 Å². The normalized spacial score (nSPS) is 12.6. The first-order valence-electron chi connectivity index (χ1n) is 4.62. The molecule has 0 radical (unpaired) electrons. The Hall–Kier alpha value is -1.28. The molecule has 0 fully saturated rings. The summed E-state index contributed by atoms with van der Waals surface area (Å²) in [6.07, 6.45) is 1.93. The fourth-order valence-electron chi connectivity index (χ4n) is 1.45. The lowest BCUT2D eigenvalue weighted by Gasteiger charge is -2.21. The molecule has 0 amide bonds. The second-order valence-electron chi connectivity index (χ2n) is 3.42. The summed E-state index contributed by atoms with van der Waals surface area (Å²) in [5.74, 6) is 0.885. The van der Waals surface area contributed by atoms with Crippen LogP contribution in [0.1, 0.15) is 11.6 Å². The molecule has 0 saturated heterocycles. The number of hydrogen-bond acceptors (Lipinski definition) is 2. The lowest BCUT2D eigenvalue weighted by atomic mass is 10.1.